The van der Waals surface area contributed by atoms with E-state index in [-0.39, 0.29) is 0 Å². The van der Waals surface area contributed by atoms with Gasteiger partial charge < -0.3 is 4.74 Å². The summed E-state index contributed by atoms with van der Waals surface area (Å²) < 4.78 is 80.3. The predicted molar refractivity (Wildman–Crippen MR) is 86.9 cm³/mol. The van der Waals surface area contributed by atoms with E-state index < -0.39 is 23.5 Å². The Morgan fingerprint density at radius 1 is 0.769 bits per heavy atom. The topological polar surface area (TPSA) is 9.23 Å². The van der Waals surface area contributed by atoms with E-state index in [4.69, 9.17) is 4.74 Å². The molecule has 1 nitrogen and oxygen atoms in total. The van der Waals surface area contributed by atoms with Crippen molar-refractivity contribution >= 4 is 11.8 Å². The van der Waals surface area contributed by atoms with Crippen LogP contribution in [0.25, 0.3) is 11.8 Å². The van der Waals surface area contributed by atoms with Crippen molar-refractivity contribution in [2.24, 2.45) is 0 Å². The monoisotopic (exact) mass is 372 g/mol. The van der Waals surface area contributed by atoms with Crippen LogP contribution in [-0.4, -0.2) is 7.11 Å². The molecule has 0 N–H and O–H groups in total. The van der Waals surface area contributed by atoms with Crippen molar-refractivity contribution in [2.45, 2.75) is 12.4 Å². The van der Waals surface area contributed by atoms with Crippen LogP contribution in [0.3, 0.4) is 0 Å². The number of ether oxygens (including phenoxy) is 1. The molecule has 0 bridgehead atoms. The van der Waals surface area contributed by atoms with Gasteiger partial charge in [-0.05, 0) is 35.9 Å². The summed E-state index contributed by atoms with van der Waals surface area (Å²) in [4.78, 5) is 0. The fourth-order valence-electron chi connectivity index (χ4n) is 2.14. The molecular weight excluding hydrogens is 358 g/mol. The van der Waals surface area contributed by atoms with Crippen LogP contribution in [0.5, 0.6) is 0 Å². The first-order chi connectivity index (χ1) is 12.1. The zero-order valence-electron chi connectivity index (χ0n) is 13.5. The summed E-state index contributed by atoms with van der Waals surface area (Å²) in [5, 5.41) is 0. The molecule has 0 aliphatic rings. The lowest BCUT2D eigenvalue weighted by Gasteiger charge is -2.09. The first kappa shape index (κ1) is 19.6. The maximum absolute atomic E-state index is 12.6. The van der Waals surface area contributed by atoms with Crippen molar-refractivity contribution in [3.05, 3.63) is 82.9 Å². The molecule has 0 aromatic heterocycles. The number of rotatable bonds is 4. The second-order valence-corrected chi connectivity index (χ2v) is 5.29. The van der Waals surface area contributed by atoms with Crippen LogP contribution in [0.2, 0.25) is 0 Å². The second-order valence-electron chi connectivity index (χ2n) is 5.29. The maximum atomic E-state index is 12.6. The van der Waals surface area contributed by atoms with Gasteiger partial charge in [-0.25, -0.2) is 0 Å². The molecule has 0 atom stereocenters. The van der Waals surface area contributed by atoms with Gasteiger partial charge in [-0.1, -0.05) is 36.4 Å². The summed E-state index contributed by atoms with van der Waals surface area (Å²) in [6.45, 7) is 0. The predicted octanol–water partition coefficient (Wildman–Crippen LogP) is 6.42. The normalized spacial score (nSPS) is 13.3. The molecular formula is C19H14F6O. The number of methoxy groups -OCH3 is 1. The Balaban J connectivity index is 2.15. The number of alkyl halides is 6. The molecule has 0 fully saturated rings. The molecule has 2 rings (SSSR count). The number of hydrogen-bond acceptors (Lipinski definition) is 1. The summed E-state index contributed by atoms with van der Waals surface area (Å²) in [5.41, 5.74) is -0.529. The van der Waals surface area contributed by atoms with E-state index in [1.165, 1.54) is 37.5 Å². The molecule has 26 heavy (non-hydrogen) atoms. The summed E-state index contributed by atoms with van der Waals surface area (Å²) in [7, 11) is 1.37. The van der Waals surface area contributed by atoms with E-state index in [0.717, 1.165) is 24.3 Å². The highest BCUT2D eigenvalue weighted by Crippen LogP contribution is 2.30. The minimum atomic E-state index is -4.42. The SMILES string of the molecule is CO/C(=C/C=C/c1ccc(C(F)(F)F)cc1)c1ccc(C(F)(F)F)cc1. The summed E-state index contributed by atoms with van der Waals surface area (Å²) in [5.74, 6) is 0.321. The Morgan fingerprint density at radius 3 is 1.65 bits per heavy atom. The molecule has 0 aliphatic heterocycles. The first-order valence-corrected chi connectivity index (χ1v) is 7.38. The molecule has 2 aromatic rings. The lowest BCUT2D eigenvalue weighted by Crippen LogP contribution is -2.04. The molecule has 0 heterocycles. The molecule has 0 unspecified atom stereocenters. The number of halogens is 6. The fraction of sp³-hybridized carbons (Fsp3) is 0.158. The van der Waals surface area contributed by atoms with Crippen LogP contribution >= 0.6 is 0 Å². The van der Waals surface area contributed by atoms with E-state index in [2.05, 4.69) is 0 Å². The first-order valence-electron chi connectivity index (χ1n) is 7.38. The van der Waals surface area contributed by atoms with Crippen molar-refractivity contribution in [1.82, 2.24) is 0 Å². The van der Waals surface area contributed by atoms with Crippen molar-refractivity contribution in [3.63, 3.8) is 0 Å². The van der Waals surface area contributed by atoms with Gasteiger partial charge >= 0.3 is 12.4 Å². The Hall–Kier alpha value is -2.70. The zero-order valence-corrected chi connectivity index (χ0v) is 13.5. The van der Waals surface area contributed by atoms with Gasteiger partial charge in [-0.2, -0.15) is 26.3 Å². The maximum Gasteiger partial charge on any atom is 0.416 e. The molecule has 0 spiro atoms. The Bertz CT molecular complexity index is 781. The van der Waals surface area contributed by atoms with E-state index in [1.54, 1.807) is 12.2 Å². The molecule has 0 amide bonds. The highest BCUT2D eigenvalue weighted by Gasteiger charge is 2.30. The van der Waals surface area contributed by atoms with Gasteiger partial charge in [0.1, 0.15) is 5.76 Å². The summed E-state index contributed by atoms with van der Waals surface area (Å²) >= 11 is 0. The number of hydrogen-bond donors (Lipinski definition) is 0. The van der Waals surface area contributed by atoms with Gasteiger partial charge in [0.2, 0.25) is 0 Å². The van der Waals surface area contributed by atoms with E-state index in [1.807, 2.05) is 0 Å². The van der Waals surface area contributed by atoms with Gasteiger partial charge in [-0.3, -0.25) is 0 Å². The van der Waals surface area contributed by atoms with Gasteiger partial charge in [0.05, 0.1) is 18.2 Å². The molecule has 7 heteroatoms. The van der Waals surface area contributed by atoms with Crippen molar-refractivity contribution in [2.75, 3.05) is 7.11 Å². The third kappa shape index (κ3) is 5.15. The van der Waals surface area contributed by atoms with Crippen LogP contribution in [0, 0.1) is 0 Å². The van der Waals surface area contributed by atoms with Gasteiger partial charge in [0, 0.05) is 5.56 Å². The Labute approximate surface area is 146 Å². The molecule has 138 valence electrons. The summed E-state index contributed by atoms with van der Waals surface area (Å²) in [6, 6.07) is 9.03. The van der Waals surface area contributed by atoms with Crippen LogP contribution in [0.15, 0.2) is 60.7 Å². The van der Waals surface area contributed by atoms with Gasteiger partial charge in [-0.15, -0.1) is 0 Å². The van der Waals surface area contributed by atoms with E-state index in [9.17, 15) is 26.3 Å². The van der Waals surface area contributed by atoms with Crippen molar-refractivity contribution in [1.29, 1.82) is 0 Å². The minimum absolute atomic E-state index is 0.321. The summed E-state index contributed by atoms with van der Waals surface area (Å²) in [6.07, 6.45) is -4.20. The Kier molecular flexibility index (Phi) is 5.79. The number of benzene rings is 2. The van der Waals surface area contributed by atoms with E-state index >= 15 is 0 Å². The van der Waals surface area contributed by atoms with Gasteiger partial charge in [0.25, 0.3) is 0 Å². The minimum Gasteiger partial charge on any atom is -0.496 e. The van der Waals surface area contributed by atoms with Crippen LogP contribution in [-0.2, 0) is 17.1 Å². The van der Waals surface area contributed by atoms with E-state index in [0.29, 0.717) is 16.9 Å². The lowest BCUT2D eigenvalue weighted by atomic mass is 10.1. The average Bonchev–Trinajstić information content (AvgIpc) is 2.58. The van der Waals surface area contributed by atoms with Crippen LogP contribution in [0.4, 0.5) is 26.3 Å². The highest BCUT2D eigenvalue weighted by atomic mass is 19.4. The smallest absolute Gasteiger partial charge is 0.416 e. The average molecular weight is 372 g/mol. The molecule has 0 saturated heterocycles. The largest absolute Gasteiger partial charge is 0.496 e. The highest BCUT2D eigenvalue weighted by molar-refractivity contribution is 5.64. The molecule has 0 saturated carbocycles. The van der Waals surface area contributed by atoms with Crippen molar-refractivity contribution in [3.8, 4) is 0 Å². The van der Waals surface area contributed by atoms with Crippen LogP contribution in [0.1, 0.15) is 22.3 Å². The molecule has 0 aliphatic carbocycles. The zero-order chi connectivity index (χ0) is 19.4. The third-order valence-corrected chi connectivity index (χ3v) is 3.49. The third-order valence-electron chi connectivity index (χ3n) is 3.49. The molecule has 0 radical (unpaired) electrons. The van der Waals surface area contributed by atoms with Crippen LogP contribution < -0.4 is 0 Å². The number of allylic oxidation sites excluding steroid dienone is 2. The quantitative estimate of drug-likeness (QED) is 0.342. The standard InChI is InChI=1S/C19H14F6O/c1-26-17(14-7-11-16(12-8-14)19(23,24)25)4-2-3-13-5-9-15(10-6-13)18(20,21)22/h2-12H,1H3/b3-2+,17-4+. The van der Waals surface area contributed by atoms with Gasteiger partial charge in [0.15, 0.2) is 0 Å². The fourth-order valence-corrected chi connectivity index (χ4v) is 2.14. The Morgan fingerprint density at radius 2 is 1.23 bits per heavy atom. The second kappa shape index (κ2) is 7.68. The van der Waals surface area contributed by atoms with Crippen molar-refractivity contribution < 1.29 is 31.1 Å². The lowest BCUT2D eigenvalue weighted by molar-refractivity contribution is -0.138. The molecule has 2 aromatic carbocycles.